The molecular weight excluding hydrogens is 260 g/mol. The third kappa shape index (κ3) is 1.87. The van der Waals surface area contributed by atoms with Crippen molar-refractivity contribution in [1.82, 2.24) is 9.80 Å². The fourth-order valence-electron chi connectivity index (χ4n) is 5.14. The molecule has 21 heavy (non-hydrogen) atoms. The van der Waals surface area contributed by atoms with Gasteiger partial charge in [-0.05, 0) is 75.6 Å². The first kappa shape index (κ1) is 13.6. The van der Waals surface area contributed by atoms with E-state index in [1.807, 2.05) is 0 Å². The number of likely N-dealkylation sites (N-methyl/N-ethyl adjacent to an activating group) is 1. The highest BCUT2D eigenvalue weighted by atomic mass is 16.5. The van der Waals surface area contributed by atoms with Gasteiger partial charge in [0, 0.05) is 18.0 Å². The highest BCUT2D eigenvalue weighted by Crippen LogP contribution is 2.53. The average Bonchev–Trinajstić information content (AvgIpc) is 2.50. The third-order valence-corrected chi connectivity index (χ3v) is 6.38. The number of nitrogens with zero attached hydrogens (tertiary/aromatic N) is 2. The lowest BCUT2D eigenvalue weighted by Crippen LogP contribution is -2.64. The van der Waals surface area contributed by atoms with Gasteiger partial charge in [-0.3, -0.25) is 0 Å². The first-order chi connectivity index (χ1) is 10.1. The molecule has 0 saturated carbocycles. The van der Waals surface area contributed by atoms with E-state index in [9.17, 15) is 0 Å². The van der Waals surface area contributed by atoms with Gasteiger partial charge in [0.15, 0.2) is 0 Å². The molecule has 2 heterocycles. The summed E-state index contributed by atoms with van der Waals surface area (Å²) in [5.74, 6) is 1.80. The number of rotatable bonds is 1. The molecular formula is C18H26N2O. The number of methoxy groups -OCH3 is 1. The Morgan fingerprint density at radius 1 is 1.19 bits per heavy atom. The number of hydrogen-bond donors (Lipinski definition) is 0. The molecule has 3 aliphatic rings. The molecule has 4 rings (SSSR count). The summed E-state index contributed by atoms with van der Waals surface area (Å²) in [5.41, 5.74) is 3.56. The van der Waals surface area contributed by atoms with Gasteiger partial charge in [-0.2, -0.15) is 0 Å². The molecule has 0 unspecified atom stereocenters. The van der Waals surface area contributed by atoms with Gasteiger partial charge in [-0.25, -0.2) is 0 Å². The molecule has 0 N–H and O–H groups in total. The van der Waals surface area contributed by atoms with Crippen LogP contribution in [0.5, 0.6) is 5.75 Å². The van der Waals surface area contributed by atoms with Crippen molar-refractivity contribution in [3.63, 3.8) is 0 Å². The standard InChI is InChI=1S/C18H26N2O/c1-19-8-6-18-7-9-20(2)17(16(18)12-19)10-13-4-5-14(21-3)11-15(13)18/h4-5,11,16-17H,6-10,12H2,1-3H3/t16-,17+,18-/m0/s1. The van der Waals surface area contributed by atoms with Crippen molar-refractivity contribution in [3.8, 4) is 5.75 Å². The topological polar surface area (TPSA) is 15.7 Å². The SMILES string of the molecule is COc1ccc2c(c1)[C@@]13CCN(C)C[C@H]1[C@@H](C2)N(C)CC3. The van der Waals surface area contributed by atoms with Crippen LogP contribution in [0.4, 0.5) is 0 Å². The molecule has 2 bridgehead atoms. The maximum absolute atomic E-state index is 5.52. The predicted molar refractivity (Wildman–Crippen MR) is 85.0 cm³/mol. The van der Waals surface area contributed by atoms with Crippen LogP contribution >= 0.6 is 0 Å². The lowest BCUT2D eigenvalue weighted by Gasteiger charge is -2.59. The zero-order valence-electron chi connectivity index (χ0n) is 13.4. The summed E-state index contributed by atoms with van der Waals surface area (Å²) in [6.45, 7) is 3.71. The second kappa shape index (κ2) is 4.72. The molecule has 2 fully saturated rings. The van der Waals surface area contributed by atoms with Crippen LogP contribution in [0.1, 0.15) is 24.0 Å². The Morgan fingerprint density at radius 3 is 2.81 bits per heavy atom. The molecule has 2 aliphatic heterocycles. The van der Waals surface area contributed by atoms with Crippen LogP contribution in [-0.4, -0.2) is 56.7 Å². The maximum atomic E-state index is 5.52. The summed E-state index contributed by atoms with van der Waals surface area (Å²) >= 11 is 0. The molecule has 3 heteroatoms. The van der Waals surface area contributed by atoms with E-state index in [1.165, 1.54) is 38.9 Å². The van der Waals surface area contributed by atoms with Crippen LogP contribution in [0.25, 0.3) is 0 Å². The Bertz CT molecular complexity index is 554. The van der Waals surface area contributed by atoms with E-state index in [-0.39, 0.29) is 0 Å². The van der Waals surface area contributed by atoms with Crippen molar-refractivity contribution in [3.05, 3.63) is 29.3 Å². The monoisotopic (exact) mass is 286 g/mol. The van der Waals surface area contributed by atoms with E-state index in [4.69, 9.17) is 4.74 Å². The van der Waals surface area contributed by atoms with Gasteiger partial charge in [-0.1, -0.05) is 6.07 Å². The number of likely N-dealkylation sites (tertiary alicyclic amines) is 2. The summed E-state index contributed by atoms with van der Waals surface area (Å²) in [5, 5.41) is 0. The summed E-state index contributed by atoms with van der Waals surface area (Å²) < 4.78 is 5.52. The summed E-state index contributed by atoms with van der Waals surface area (Å²) in [6, 6.07) is 7.51. The first-order valence-electron chi connectivity index (χ1n) is 8.20. The van der Waals surface area contributed by atoms with Crippen LogP contribution in [0, 0.1) is 5.92 Å². The lowest BCUT2D eigenvalue weighted by molar-refractivity contribution is -0.0208. The highest BCUT2D eigenvalue weighted by molar-refractivity contribution is 5.45. The van der Waals surface area contributed by atoms with Gasteiger partial charge in [0.25, 0.3) is 0 Å². The zero-order valence-corrected chi connectivity index (χ0v) is 13.4. The van der Waals surface area contributed by atoms with E-state index in [1.54, 1.807) is 18.2 Å². The molecule has 2 saturated heterocycles. The van der Waals surface area contributed by atoms with Crippen LogP contribution in [0.2, 0.25) is 0 Å². The Hall–Kier alpha value is -1.06. The Morgan fingerprint density at radius 2 is 2.00 bits per heavy atom. The highest BCUT2D eigenvalue weighted by Gasteiger charge is 2.54. The fraction of sp³-hybridized carbons (Fsp3) is 0.667. The van der Waals surface area contributed by atoms with E-state index < -0.39 is 0 Å². The maximum Gasteiger partial charge on any atom is 0.119 e. The van der Waals surface area contributed by atoms with Crippen molar-refractivity contribution in [2.45, 2.75) is 30.7 Å². The van der Waals surface area contributed by atoms with E-state index in [0.717, 1.165) is 11.7 Å². The fourth-order valence-corrected chi connectivity index (χ4v) is 5.14. The van der Waals surface area contributed by atoms with Gasteiger partial charge >= 0.3 is 0 Å². The number of fused-ring (bicyclic) bond motifs is 1. The normalized spacial score (nSPS) is 36.0. The minimum absolute atomic E-state index is 0.395. The van der Waals surface area contributed by atoms with E-state index in [0.29, 0.717) is 11.5 Å². The number of ether oxygens (including phenoxy) is 1. The Balaban J connectivity index is 1.86. The van der Waals surface area contributed by atoms with Gasteiger partial charge < -0.3 is 14.5 Å². The quantitative estimate of drug-likeness (QED) is 0.787. The van der Waals surface area contributed by atoms with Crippen LogP contribution < -0.4 is 4.74 Å². The molecule has 1 aliphatic carbocycles. The smallest absolute Gasteiger partial charge is 0.119 e. The van der Waals surface area contributed by atoms with E-state index >= 15 is 0 Å². The Labute approximate surface area is 127 Å². The molecule has 3 atom stereocenters. The molecule has 1 aromatic rings. The van der Waals surface area contributed by atoms with Gasteiger partial charge in [0.2, 0.25) is 0 Å². The van der Waals surface area contributed by atoms with Crippen LogP contribution in [-0.2, 0) is 11.8 Å². The van der Waals surface area contributed by atoms with Gasteiger partial charge in [0.1, 0.15) is 5.75 Å². The summed E-state index contributed by atoms with van der Waals surface area (Å²) in [4.78, 5) is 5.13. The first-order valence-corrected chi connectivity index (χ1v) is 8.20. The van der Waals surface area contributed by atoms with Crippen molar-refractivity contribution in [1.29, 1.82) is 0 Å². The molecule has 3 nitrogen and oxygen atoms in total. The minimum Gasteiger partial charge on any atom is -0.497 e. The van der Waals surface area contributed by atoms with Crippen molar-refractivity contribution in [2.24, 2.45) is 5.92 Å². The van der Waals surface area contributed by atoms with Crippen molar-refractivity contribution < 1.29 is 4.74 Å². The van der Waals surface area contributed by atoms with Crippen molar-refractivity contribution in [2.75, 3.05) is 40.8 Å². The largest absolute Gasteiger partial charge is 0.497 e. The van der Waals surface area contributed by atoms with Gasteiger partial charge in [-0.15, -0.1) is 0 Å². The summed E-state index contributed by atoms with van der Waals surface area (Å²) in [7, 11) is 6.38. The molecule has 0 amide bonds. The molecule has 0 aromatic heterocycles. The predicted octanol–water partition coefficient (Wildman–Crippen LogP) is 2.14. The molecule has 114 valence electrons. The lowest BCUT2D eigenvalue weighted by atomic mass is 9.54. The molecule has 0 radical (unpaired) electrons. The second-order valence-electron chi connectivity index (χ2n) is 7.30. The van der Waals surface area contributed by atoms with E-state index in [2.05, 4.69) is 42.1 Å². The van der Waals surface area contributed by atoms with Crippen LogP contribution in [0.3, 0.4) is 0 Å². The summed E-state index contributed by atoms with van der Waals surface area (Å²) in [6.07, 6.45) is 3.81. The average molecular weight is 286 g/mol. The van der Waals surface area contributed by atoms with Gasteiger partial charge in [0.05, 0.1) is 7.11 Å². The van der Waals surface area contributed by atoms with Crippen LogP contribution in [0.15, 0.2) is 18.2 Å². The van der Waals surface area contributed by atoms with Crippen molar-refractivity contribution >= 4 is 0 Å². The Kier molecular flexibility index (Phi) is 3.05. The number of piperidine rings is 2. The number of benzene rings is 1. The zero-order chi connectivity index (χ0) is 14.6. The molecule has 1 aromatic carbocycles. The minimum atomic E-state index is 0.395. The second-order valence-corrected chi connectivity index (χ2v) is 7.30. The number of hydrogen-bond acceptors (Lipinski definition) is 3. The molecule has 0 spiro atoms. The third-order valence-electron chi connectivity index (χ3n) is 6.38.